The van der Waals surface area contributed by atoms with Crippen molar-refractivity contribution in [1.82, 2.24) is 15.2 Å². The summed E-state index contributed by atoms with van der Waals surface area (Å²) in [6.45, 7) is 5.31. The molecule has 0 aliphatic carbocycles. The maximum Gasteiger partial charge on any atom is 0.193 e. The summed E-state index contributed by atoms with van der Waals surface area (Å²) >= 11 is 1.76. The third kappa shape index (κ3) is 5.25. The van der Waals surface area contributed by atoms with Gasteiger partial charge in [-0.15, -0.1) is 35.3 Å². The number of nitrogens with zero attached hydrogens (tertiary/aromatic N) is 3. The molecule has 0 bridgehead atoms. The number of nitrogens with one attached hydrogen (secondary N) is 1. The molecule has 0 amide bonds. The van der Waals surface area contributed by atoms with Crippen LogP contribution in [-0.2, 0) is 6.42 Å². The Labute approximate surface area is 136 Å². The zero-order valence-electron chi connectivity index (χ0n) is 11.7. The summed E-state index contributed by atoms with van der Waals surface area (Å²) in [5.41, 5.74) is 1.14. The van der Waals surface area contributed by atoms with Gasteiger partial charge in [0.05, 0.1) is 5.01 Å². The molecule has 0 spiro atoms. The highest BCUT2D eigenvalue weighted by Gasteiger charge is 2.14. The van der Waals surface area contributed by atoms with Crippen LogP contribution < -0.4 is 5.32 Å². The fraction of sp³-hybridized carbons (Fsp3) is 0.692. The maximum absolute atomic E-state index is 4.48. The van der Waals surface area contributed by atoms with E-state index in [1.165, 1.54) is 17.8 Å². The fourth-order valence-electron chi connectivity index (χ4n) is 2.22. The second kappa shape index (κ2) is 8.73. The van der Waals surface area contributed by atoms with Gasteiger partial charge in [0.1, 0.15) is 0 Å². The zero-order chi connectivity index (χ0) is 12.8. The van der Waals surface area contributed by atoms with Gasteiger partial charge in [0, 0.05) is 44.2 Å². The Morgan fingerprint density at radius 3 is 2.79 bits per heavy atom. The van der Waals surface area contributed by atoms with Crippen LogP contribution in [0.4, 0.5) is 0 Å². The lowest BCUT2D eigenvalue weighted by molar-refractivity contribution is 0.492. The molecule has 0 saturated carbocycles. The van der Waals surface area contributed by atoms with Crippen LogP contribution in [0.15, 0.2) is 10.4 Å². The minimum Gasteiger partial charge on any atom is -0.356 e. The third-order valence-electron chi connectivity index (χ3n) is 3.13. The maximum atomic E-state index is 4.48. The average Bonchev–Trinajstić information content (AvgIpc) is 3.01. The molecule has 1 saturated heterocycles. The van der Waals surface area contributed by atoms with E-state index in [2.05, 4.69) is 25.6 Å². The Kier molecular flexibility index (Phi) is 7.67. The van der Waals surface area contributed by atoms with Crippen molar-refractivity contribution in [3.8, 4) is 0 Å². The molecule has 1 aliphatic heterocycles. The summed E-state index contributed by atoms with van der Waals surface area (Å²) in [5, 5.41) is 6.80. The molecule has 1 aromatic rings. The zero-order valence-corrected chi connectivity index (χ0v) is 14.8. The smallest absolute Gasteiger partial charge is 0.193 e. The van der Waals surface area contributed by atoms with Gasteiger partial charge in [-0.25, -0.2) is 4.98 Å². The predicted molar refractivity (Wildman–Crippen MR) is 92.8 cm³/mol. The average molecular weight is 394 g/mol. The first-order valence-corrected chi connectivity index (χ1v) is 7.54. The molecule has 19 heavy (non-hydrogen) atoms. The highest BCUT2D eigenvalue weighted by molar-refractivity contribution is 14.0. The molecule has 0 atom stereocenters. The Bertz CT molecular complexity index is 399. The number of aromatic nitrogens is 1. The van der Waals surface area contributed by atoms with Gasteiger partial charge in [0.2, 0.25) is 0 Å². The van der Waals surface area contributed by atoms with E-state index in [0.29, 0.717) is 0 Å². The van der Waals surface area contributed by atoms with E-state index in [1.807, 2.05) is 14.0 Å². The minimum atomic E-state index is 0. The predicted octanol–water partition coefficient (Wildman–Crippen LogP) is 2.67. The van der Waals surface area contributed by atoms with Crippen molar-refractivity contribution < 1.29 is 0 Å². The van der Waals surface area contributed by atoms with Crippen LogP contribution in [-0.4, -0.2) is 42.5 Å². The Morgan fingerprint density at radius 2 is 2.21 bits per heavy atom. The lowest BCUT2D eigenvalue weighted by atomic mass is 10.3. The second-order valence-electron chi connectivity index (χ2n) is 4.65. The van der Waals surface area contributed by atoms with Gasteiger partial charge in [-0.2, -0.15) is 0 Å². The molecule has 0 radical (unpaired) electrons. The quantitative estimate of drug-likeness (QED) is 0.370. The molecule has 0 aromatic carbocycles. The van der Waals surface area contributed by atoms with Crippen molar-refractivity contribution in [2.45, 2.75) is 32.6 Å². The van der Waals surface area contributed by atoms with Gasteiger partial charge in [-0.1, -0.05) is 0 Å². The van der Waals surface area contributed by atoms with Crippen LogP contribution in [0.1, 0.15) is 30.0 Å². The van der Waals surface area contributed by atoms with Crippen LogP contribution in [0.3, 0.4) is 0 Å². The number of rotatable bonds is 4. The Hall–Kier alpha value is -0.370. The number of hydrogen-bond acceptors (Lipinski definition) is 3. The molecule has 1 fully saturated rings. The van der Waals surface area contributed by atoms with E-state index < -0.39 is 0 Å². The molecule has 1 aliphatic rings. The largest absolute Gasteiger partial charge is 0.356 e. The van der Waals surface area contributed by atoms with Crippen molar-refractivity contribution in [3.05, 3.63) is 16.1 Å². The molecule has 4 nitrogen and oxygen atoms in total. The van der Waals surface area contributed by atoms with Gasteiger partial charge >= 0.3 is 0 Å². The van der Waals surface area contributed by atoms with Crippen molar-refractivity contribution in [2.24, 2.45) is 4.99 Å². The number of thiazole rings is 1. The number of guanidine groups is 1. The van der Waals surface area contributed by atoms with E-state index in [9.17, 15) is 0 Å². The van der Waals surface area contributed by atoms with Crippen LogP contribution in [0.25, 0.3) is 0 Å². The summed E-state index contributed by atoms with van der Waals surface area (Å²) in [5.74, 6) is 1.06. The number of aliphatic imine (C=N–C) groups is 1. The van der Waals surface area contributed by atoms with Crippen LogP contribution >= 0.6 is 35.3 Å². The summed E-state index contributed by atoms with van der Waals surface area (Å²) < 4.78 is 0. The van der Waals surface area contributed by atoms with E-state index in [1.54, 1.807) is 11.3 Å². The first-order chi connectivity index (χ1) is 8.79. The topological polar surface area (TPSA) is 40.5 Å². The summed E-state index contributed by atoms with van der Waals surface area (Å²) in [7, 11) is 1.87. The van der Waals surface area contributed by atoms with Crippen molar-refractivity contribution >= 4 is 41.3 Å². The highest BCUT2D eigenvalue weighted by Crippen LogP contribution is 2.10. The molecular weight excluding hydrogens is 371 g/mol. The Balaban J connectivity index is 0.00000180. The van der Waals surface area contributed by atoms with E-state index in [-0.39, 0.29) is 24.0 Å². The molecule has 108 valence electrons. The molecule has 1 aromatic heterocycles. The normalized spacial score (nSPS) is 15.5. The van der Waals surface area contributed by atoms with Crippen LogP contribution in [0.5, 0.6) is 0 Å². The number of aryl methyl sites for hydroxylation is 2. The number of hydrogen-bond donors (Lipinski definition) is 1. The molecule has 2 heterocycles. The molecule has 1 N–H and O–H groups in total. The third-order valence-corrected chi connectivity index (χ3v) is 4.16. The van der Waals surface area contributed by atoms with Crippen molar-refractivity contribution in [1.29, 1.82) is 0 Å². The van der Waals surface area contributed by atoms with Crippen LogP contribution in [0.2, 0.25) is 0 Å². The van der Waals surface area contributed by atoms with E-state index in [4.69, 9.17) is 0 Å². The van der Waals surface area contributed by atoms with Gasteiger partial charge in [0.15, 0.2) is 5.96 Å². The van der Waals surface area contributed by atoms with Crippen LogP contribution in [0, 0.1) is 6.92 Å². The fourth-order valence-corrected chi connectivity index (χ4v) is 3.04. The lowest BCUT2D eigenvalue weighted by Gasteiger charge is -2.20. The SMILES string of the molecule is CN=C(NCCCc1nc(C)cs1)N1CCCC1.I. The van der Waals surface area contributed by atoms with Gasteiger partial charge in [-0.3, -0.25) is 4.99 Å². The van der Waals surface area contributed by atoms with E-state index >= 15 is 0 Å². The summed E-state index contributed by atoms with van der Waals surface area (Å²) in [6.07, 6.45) is 4.75. The van der Waals surface area contributed by atoms with Gasteiger partial charge in [0.25, 0.3) is 0 Å². The molecule has 0 unspecified atom stereocenters. The number of likely N-dealkylation sites (tertiary alicyclic amines) is 1. The number of halogens is 1. The van der Waals surface area contributed by atoms with Gasteiger partial charge < -0.3 is 10.2 Å². The standard InChI is InChI=1S/C13H22N4S.HI/c1-11-10-18-12(16-11)6-5-7-15-13(14-2)17-8-3-4-9-17;/h10H,3-9H2,1-2H3,(H,14,15);1H. The summed E-state index contributed by atoms with van der Waals surface area (Å²) in [4.78, 5) is 11.2. The van der Waals surface area contributed by atoms with Crippen molar-refractivity contribution in [3.63, 3.8) is 0 Å². The van der Waals surface area contributed by atoms with Gasteiger partial charge in [-0.05, 0) is 26.2 Å². The van der Waals surface area contributed by atoms with Crippen molar-refractivity contribution in [2.75, 3.05) is 26.7 Å². The van der Waals surface area contributed by atoms with E-state index in [0.717, 1.165) is 44.1 Å². The minimum absolute atomic E-state index is 0. The Morgan fingerprint density at radius 1 is 1.47 bits per heavy atom. The molecule has 6 heteroatoms. The monoisotopic (exact) mass is 394 g/mol. The first kappa shape index (κ1) is 16.7. The second-order valence-corrected chi connectivity index (χ2v) is 5.60. The first-order valence-electron chi connectivity index (χ1n) is 6.66. The highest BCUT2D eigenvalue weighted by atomic mass is 127. The molecular formula is C13H23IN4S. The summed E-state index contributed by atoms with van der Waals surface area (Å²) in [6, 6.07) is 0. The molecule has 2 rings (SSSR count). The lowest BCUT2D eigenvalue weighted by Crippen LogP contribution is -2.40.